The smallest absolute Gasteiger partial charge is 0.315 e. The van der Waals surface area contributed by atoms with Crippen LogP contribution in [0.5, 0.6) is 0 Å². The van der Waals surface area contributed by atoms with Gasteiger partial charge in [0.2, 0.25) is 5.89 Å². The lowest BCUT2D eigenvalue weighted by Gasteiger charge is -2.41. The molecule has 1 aromatic heterocycles. The third-order valence-corrected chi connectivity index (χ3v) is 4.00. The molecule has 2 N–H and O–H groups in total. The van der Waals surface area contributed by atoms with Crippen LogP contribution in [0.2, 0.25) is 0 Å². The summed E-state index contributed by atoms with van der Waals surface area (Å²) in [5, 5.41) is 14.5. The standard InChI is InChI=1S/C13H24N4O2/c1-3-13(5-4-6-13)10-15-12-17-16-11(19-12)9-14-7-8-18-2/h14H,3-10H2,1-2H3,(H,15,17). The highest BCUT2D eigenvalue weighted by Gasteiger charge is 2.35. The Labute approximate surface area is 114 Å². The van der Waals surface area contributed by atoms with Crippen LogP contribution in [0.4, 0.5) is 6.01 Å². The molecule has 0 saturated heterocycles. The van der Waals surface area contributed by atoms with Gasteiger partial charge in [0.05, 0.1) is 13.2 Å². The van der Waals surface area contributed by atoms with Crippen molar-refractivity contribution in [2.45, 2.75) is 39.2 Å². The fourth-order valence-electron chi connectivity index (χ4n) is 2.36. The van der Waals surface area contributed by atoms with E-state index >= 15 is 0 Å². The molecule has 1 aliphatic carbocycles. The first-order valence-electron chi connectivity index (χ1n) is 7.04. The molecule has 1 fully saturated rings. The number of nitrogens with zero attached hydrogens (tertiary/aromatic N) is 2. The van der Waals surface area contributed by atoms with Gasteiger partial charge >= 0.3 is 6.01 Å². The molecule has 1 heterocycles. The zero-order valence-corrected chi connectivity index (χ0v) is 11.9. The average molecular weight is 268 g/mol. The number of methoxy groups -OCH3 is 1. The van der Waals surface area contributed by atoms with Crippen LogP contribution in [0.15, 0.2) is 4.42 Å². The number of nitrogens with one attached hydrogen (secondary N) is 2. The van der Waals surface area contributed by atoms with Crippen molar-refractivity contribution in [2.75, 3.05) is 32.1 Å². The van der Waals surface area contributed by atoms with Crippen molar-refractivity contribution in [1.82, 2.24) is 15.5 Å². The van der Waals surface area contributed by atoms with Gasteiger partial charge in [-0.05, 0) is 24.7 Å². The van der Waals surface area contributed by atoms with E-state index in [2.05, 4.69) is 27.8 Å². The van der Waals surface area contributed by atoms with Gasteiger partial charge in [0.15, 0.2) is 0 Å². The van der Waals surface area contributed by atoms with Crippen LogP contribution < -0.4 is 10.6 Å². The van der Waals surface area contributed by atoms with Crippen molar-refractivity contribution in [3.05, 3.63) is 5.89 Å². The maximum absolute atomic E-state index is 5.54. The minimum absolute atomic E-state index is 0.450. The Balaban J connectivity index is 1.71. The summed E-state index contributed by atoms with van der Waals surface area (Å²) in [4.78, 5) is 0. The Kier molecular flexibility index (Phi) is 5.15. The van der Waals surface area contributed by atoms with Crippen LogP contribution in [0.25, 0.3) is 0 Å². The predicted molar refractivity (Wildman–Crippen MR) is 72.9 cm³/mol. The van der Waals surface area contributed by atoms with Gasteiger partial charge in [0, 0.05) is 20.2 Å². The number of anilines is 1. The first-order chi connectivity index (χ1) is 9.28. The SMILES string of the molecule is CCC1(CNc2nnc(CNCCOC)o2)CCC1. The lowest BCUT2D eigenvalue weighted by Crippen LogP contribution is -2.35. The Bertz CT molecular complexity index is 371. The van der Waals surface area contributed by atoms with Crippen LogP contribution in [0.1, 0.15) is 38.5 Å². The fraction of sp³-hybridized carbons (Fsp3) is 0.846. The third kappa shape index (κ3) is 3.91. The van der Waals surface area contributed by atoms with Crippen molar-refractivity contribution in [3.63, 3.8) is 0 Å². The van der Waals surface area contributed by atoms with Gasteiger partial charge in [-0.1, -0.05) is 18.4 Å². The maximum atomic E-state index is 5.54. The Morgan fingerprint density at radius 3 is 2.84 bits per heavy atom. The van der Waals surface area contributed by atoms with E-state index in [4.69, 9.17) is 9.15 Å². The zero-order valence-electron chi connectivity index (χ0n) is 11.9. The molecule has 0 atom stereocenters. The van der Waals surface area contributed by atoms with Gasteiger partial charge < -0.3 is 19.8 Å². The number of rotatable bonds is 9. The van der Waals surface area contributed by atoms with E-state index in [1.807, 2.05) is 0 Å². The lowest BCUT2D eigenvalue weighted by molar-refractivity contribution is 0.144. The average Bonchev–Trinajstić information content (AvgIpc) is 2.82. The molecule has 0 amide bonds. The van der Waals surface area contributed by atoms with Crippen molar-refractivity contribution < 1.29 is 9.15 Å². The summed E-state index contributed by atoms with van der Waals surface area (Å²) in [5.41, 5.74) is 0.450. The molecule has 6 nitrogen and oxygen atoms in total. The van der Waals surface area contributed by atoms with Crippen LogP contribution in [-0.4, -0.2) is 37.0 Å². The van der Waals surface area contributed by atoms with Crippen molar-refractivity contribution in [2.24, 2.45) is 5.41 Å². The third-order valence-electron chi connectivity index (χ3n) is 4.00. The molecule has 1 saturated carbocycles. The number of ether oxygens (including phenoxy) is 1. The van der Waals surface area contributed by atoms with Crippen molar-refractivity contribution >= 4 is 6.01 Å². The number of aromatic nitrogens is 2. The molecular weight excluding hydrogens is 244 g/mol. The first-order valence-corrected chi connectivity index (χ1v) is 7.04. The molecule has 108 valence electrons. The summed E-state index contributed by atoms with van der Waals surface area (Å²) in [7, 11) is 1.68. The summed E-state index contributed by atoms with van der Waals surface area (Å²) < 4.78 is 10.5. The van der Waals surface area contributed by atoms with Crippen LogP contribution in [-0.2, 0) is 11.3 Å². The van der Waals surface area contributed by atoms with Crippen molar-refractivity contribution in [3.8, 4) is 0 Å². The number of hydrogen-bond acceptors (Lipinski definition) is 6. The Morgan fingerprint density at radius 1 is 1.37 bits per heavy atom. The maximum Gasteiger partial charge on any atom is 0.315 e. The topological polar surface area (TPSA) is 72.2 Å². The summed E-state index contributed by atoms with van der Waals surface area (Å²) >= 11 is 0. The molecule has 19 heavy (non-hydrogen) atoms. The summed E-state index contributed by atoms with van der Waals surface area (Å²) in [6, 6.07) is 0.531. The molecule has 0 aromatic carbocycles. The molecule has 1 aromatic rings. The molecular formula is C13H24N4O2. The van der Waals surface area contributed by atoms with E-state index in [0.717, 1.165) is 13.1 Å². The second kappa shape index (κ2) is 6.86. The summed E-state index contributed by atoms with van der Waals surface area (Å²) in [5.74, 6) is 0.609. The summed E-state index contributed by atoms with van der Waals surface area (Å²) in [6.45, 7) is 5.22. The van der Waals surface area contributed by atoms with Crippen LogP contribution in [0.3, 0.4) is 0 Å². The van der Waals surface area contributed by atoms with E-state index in [9.17, 15) is 0 Å². The van der Waals surface area contributed by atoms with Gasteiger partial charge in [-0.15, -0.1) is 5.10 Å². The molecule has 0 radical (unpaired) electrons. The number of hydrogen-bond donors (Lipinski definition) is 2. The Morgan fingerprint density at radius 2 is 2.21 bits per heavy atom. The molecule has 0 bridgehead atoms. The molecule has 0 spiro atoms. The largest absolute Gasteiger partial charge is 0.407 e. The molecule has 6 heteroatoms. The zero-order chi connectivity index (χ0) is 13.6. The normalized spacial score (nSPS) is 17.2. The van der Waals surface area contributed by atoms with Crippen LogP contribution in [0, 0.1) is 5.41 Å². The van der Waals surface area contributed by atoms with Gasteiger partial charge in [-0.2, -0.15) is 0 Å². The van der Waals surface area contributed by atoms with E-state index in [1.54, 1.807) is 7.11 Å². The van der Waals surface area contributed by atoms with Crippen molar-refractivity contribution in [1.29, 1.82) is 0 Å². The predicted octanol–water partition coefficient (Wildman–Crippen LogP) is 1.80. The minimum atomic E-state index is 0.450. The monoisotopic (exact) mass is 268 g/mol. The van der Waals surface area contributed by atoms with Gasteiger partial charge in [0.25, 0.3) is 0 Å². The molecule has 0 unspecified atom stereocenters. The molecule has 0 aliphatic heterocycles. The van der Waals surface area contributed by atoms with Crippen LogP contribution >= 0.6 is 0 Å². The van der Waals surface area contributed by atoms with E-state index in [0.29, 0.717) is 30.5 Å². The molecule has 2 rings (SSSR count). The van der Waals surface area contributed by atoms with Gasteiger partial charge in [-0.25, -0.2) is 0 Å². The molecule has 1 aliphatic rings. The fourth-order valence-corrected chi connectivity index (χ4v) is 2.36. The van der Waals surface area contributed by atoms with Gasteiger partial charge in [-0.3, -0.25) is 0 Å². The van der Waals surface area contributed by atoms with E-state index < -0.39 is 0 Å². The second-order valence-electron chi connectivity index (χ2n) is 5.23. The highest BCUT2D eigenvalue weighted by atomic mass is 16.5. The second-order valence-corrected chi connectivity index (χ2v) is 5.23. The van der Waals surface area contributed by atoms with E-state index in [1.165, 1.54) is 25.7 Å². The van der Waals surface area contributed by atoms with E-state index in [-0.39, 0.29) is 0 Å². The lowest BCUT2D eigenvalue weighted by atomic mass is 9.67. The first kappa shape index (κ1) is 14.3. The highest BCUT2D eigenvalue weighted by Crippen LogP contribution is 2.43. The quantitative estimate of drug-likeness (QED) is 0.665. The summed E-state index contributed by atoms with van der Waals surface area (Å²) in [6.07, 6.45) is 5.15. The van der Waals surface area contributed by atoms with Gasteiger partial charge in [0.1, 0.15) is 0 Å². The highest BCUT2D eigenvalue weighted by molar-refractivity contribution is 5.18. The Hall–Kier alpha value is -1.14. The minimum Gasteiger partial charge on any atom is -0.407 e.